The second-order valence-electron chi connectivity index (χ2n) is 5.69. The molecule has 0 fully saturated rings. The van der Waals surface area contributed by atoms with Crippen molar-refractivity contribution in [2.45, 2.75) is 13.8 Å². The Hall–Kier alpha value is -2.32. The first-order chi connectivity index (χ1) is 13.5. The number of halogens is 2. The average molecular weight is 510 g/mol. The van der Waals surface area contributed by atoms with Gasteiger partial charge in [0.25, 0.3) is 0 Å². The predicted octanol–water partition coefficient (Wildman–Crippen LogP) is 5.52. The lowest BCUT2D eigenvalue weighted by Crippen LogP contribution is -2.16. The first kappa shape index (κ1) is 20.4. The van der Waals surface area contributed by atoms with Gasteiger partial charge in [0.1, 0.15) is 17.1 Å². The quantitative estimate of drug-likeness (QED) is 0.336. The molecule has 3 aromatic rings. The number of fused-ring (bicyclic) bond motifs is 1. The molecule has 8 heteroatoms. The summed E-state index contributed by atoms with van der Waals surface area (Å²) in [7, 11) is 0. The van der Waals surface area contributed by atoms with Gasteiger partial charge in [-0.05, 0) is 87.7 Å². The van der Waals surface area contributed by atoms with Gasteiger partial charge in [0.05, 0.1) is 28.4 Å². The maximum absolute atomic E-state index is 12.3. The fourth-order valence-corrected chi connectivity index (χ4v) is 4.00. The van der Waals surface area contributed by atoms with Gasteiger partial charge in [0.2, 0.25) is 0 Å². The molecule has 0 aliphatic carbocycles. The van der Waals surface area contributed by atoms with E-state index in [4.69, 9.17) is 13.9 Å². The van der Waals surface area contributed by atoms with Crippen molar-refractivity contribution in [3.05, 3.63) is 56.7 Å². The standard InChI is InChI=1S/C20H18Br2N2O4/c1-3-26-14-5-6-17-13(9-14)10-18(28-17)20(25)24-23-11-12-7-15(21)19(27-4-2)16(22)8-12/h5-11H,3-4H2,1-2H3,(H,24,25)/b23-11+. The highest BCUT2D eigenvalue weighted by molar-refractivity contribution is 9.11. The molecule has 0 aliphatic rings. The van der Waals surface area contributed by atoms with Gasteiger partial charge >= 0.3 is 5.91 Å². The third-order valence-electron chi connectivity index (χ3n) is 3.71. The number of nitrogens with zero attached hydrogens (tertiary/aromatic N) is 1. The third kappa shape index (κ3) is 4.74. The SMILES string of the molecule is CCOc1ccc2oc(C(=O)N/N=C/c3cc(Br)c(OCC)c(Br)c3)cc2c1. The summed E-state index contributed by atoms with van der Waals surface area (Å²) in [5.74, 6) is 1.19. The predicted molar refractivity (Wildman–Crippen MR) is 115 cm³/mol. The number of carbonyl (C=O) groups excluding carboxylic acids is 1. The lowest BCUT2D eigenvalue weighted by molar-refractivity contribution is 0.0929. The second-order valence-corrected chi connectivity index (χ2v) is 7.40. The summed E-state index contributed by atoms with van der Waals surface area (Å²) in [6.45, 7) is 4.96. The Morgan fingerprint density at radius 1 is 1.11 bits per heavy atom. The van der Waals surface area contributed by atoms with E-state index in [1.807, 2.05) is 32.0 Å². The van der Waals surface area contributed by atoms with Crippen LogP contribution in [-0.4, -0.2) is 25.3 Å². The van der Waals surface area contributed by atoms with Gasteiger partial charge in [0, 0.05) is 5.39 Å². The summed E-state index contributed by atoms with van der Waals surface area (Å²) in [6, 6.07) is 10.8. The van der Waals surface area contributed by atoms with Crippen LogP contribution in [0.4, 0.5) is 0 Å². The summed E-state index contributed by atoms with van der Waals surface area (Å²) < 4.78 is 18.2. The molecule has 1 aromatic heterocycles. The van der Waals surface area contributed by atoms with E-state index in [2.05, 4.69) is 42.4 Å². The van der Waals surface area contributed by atoms with Gasteiger partial charge in [-0.3, -0.25) is 4.79 Å². The molecule has 0 atom stereocenters. The van der Waals surface area contributed by atoms with Crippen molar-refractivity contribution in [2.24, 2.45) is 5.10 Å². The molecule has 3 rings (SSSR count). The number of furan rings is 1. The molecule has 28 heavy (non-hydrogen) atoms. The number of carbonyl (C=O) groups is 1. The third-order valence-corrected chi connectivity index (χ3v) is 4.89. The van der Waals surface area contributed by atoms with Crippen molar-refractivity contribution >= 4 is 55.0 Å². The zero-order valence-electron chi connectivity index (χ0n) is 15.3. The molecule has 1 N–H and O–H groups in total. The molecule has 6 nitrogen and oxygen atoms in total. The number of ether oxygens (including phenoxy) is 2. The van der Waals surface area contributed by atoms with E-state index in [0.29, 0.717) is 18.8 Å². The topological polar surface area (TPSA) is 73.1 Å². The average Bonchev–Trinajstić information content (AvgIpc) is 3.08. The van der Waals surface area contributed by atoms with Crippen LogP contribution in [0.1, 0.15) is 30.0 Å². The maximum atomic E-state index is 12.3. The summed E-state index contributed by atoms with van der Waals surface area (Å²) in [5, 5.41) is 4.79. The van der Waals surface area contributed by atoms with Crippen molar-refractivity contribution < 1.29 is 18.7 Å². The Labute approximate surface area is 179 Å². The molecule has 0 aliphatic heterocycles. The lowest BCUT2D eigenvalue weighted by Gasteiger charge is -2.09. The van der Waals surface area contributed by atoms with Gasteiger partial charge in [-0.2, -0.15) is 5.10 Å². The number of amides is 1. The normalized spacial score (nSPS) is 11.1. The lowest BCUT2D eigenvalue weighted by atomic mass is 10.2. The summed E-state index contributed by atoms with van der Waals surface area (Å²) >= 11 is 6.93. The zero-order chi connectivity index (χ0) is 20.1. The van der Waals surface area contributed by atoms with Crippen molar-refractivity contribution in [3.8, 4) is 11.5 Å². The molecule has 0 saturated carbocycles. The molecule has 2 aromatic carbocycles. The van der Waals surface area contributed by atoms with Crippen LogP contribution in [0.2, 0.25) is 0 Å². The number of nitrogens with one attached hydrogen (secondary N) is 1. The Kier molecular flexibility index (Phi) is 6.74. The van der Waals surface area contributed by atoms with E-state index in [1.165, 1.54) is 0 Å². The molecule has 0 spiro atoms. The van der Waals surface area contributed by atoms with Crippen molar-refractivity contribution in [3.63, 3.8) is 0 Å². The monoisotopic (exact) mass is 508 g/mol. The molecule has 0 unspecified atom stereocenters. The fourth-order valence-electron chi connectivity index (χ4n) is 2.55. The van der Waals surface area contributed by atoms with Crippen LogP contribution in [0.15, 0.2) is 54.9 Å². The van der Waals surface area contributed by atoms with Gasteiger partial charge in [-0.25, -0.2) is 5.43 Å². The van der Waals surface area contributed by atoms with Crippen molar-refractivity contribution in [1.29, 1.82) is 0 Å². The molecule has 1 amide bonds. The van der Waals surface area contributed by atoms with Gasteiger partial charge in [-0.15, -0.1) is 0 Å². The van der Waals surface area contributed by atoms with E-state index in [9.17, 15) is 4.79 Å². The van der Waals surface area contributed by atoms with E-state index >= 15 is 0 Å². The van der Waals surface area contributed by atoms with Crippen LogP contribution in [0.5, 0.6) is 11.5 Å². The van der Waals surface area contributed by atoms with Crippen molar-refractivity contribution in [2.75, 3.05) is 13.2 Å². The van der Waals surface area contributed by atoms with Crippen LogP contribution < -0.4 is 14.9 Å². The Morgan fingerprint density at radius 2 is 1.82 bits per heavy atom. The largest absolute Gasteiger partial charge is 0.494 e. The Balaban J connectivity index is 1.70. The van der Waals surface area contributed by atoms with E-state index in [0.717, 1.165) is 31.4 Å². The number of benzene rings is 2. The first-order valence-electron chi connectivity index (χ1n) is 8.63. The first-order valence-corrected chi connectivity index (χ1v) is 10.2. The van der Waals surface area contributed by atoms with Gasteiger partial charge in [-0.1, -0.05) is 0 Å². The molecule has 0 saturated heterocycles. The molecule has 146 valence electrons. The molecular weight excluding hydrogens is 492 g/mol. The highest BCUT2D eigenvalue weighted by Crippen LogP contribution is 2.34. The maximum Gasteiger partial charge on any atom is 0.307 e. The molecular formula is C20H18Br2N2O4. The van der Waals surface area contributed by atoms with Crippen LogP contribution >= 0.6 is 31.9 Å². The minimum absolute atomic E-state index is 0.176. The van der Waals surface area contributed by atoms with Crippen molar-refractivity contribution in [1.82, 2.24) is 5.43 Å². The Morgan fingerprint density at radius 3 is 2.50 bits per heavy atom. The summed E-state index contributed by atoms with van der Waals surface area (Å²) in [6.07, 6.45) is 1.54. The highest BCUT2D eigenvalue weighted by atomic mass is 79.9. The number of hydrogen-bond donors (Lipinski definition) is 1. The molecule has 1 heterocycles. The van der Waals surface area contributed by atoms with Gasteiger partial charge in [0.15, 0.2) is 5.76 Å². The molecule has 0 radical (unpaired) electrons. The number of hydrogen-bond acceptors (Lipinski definition) is 5. The fraction of sp³-hybridized carbons (Fsp3) is 0.200. The minimum Gasteiger partial charge on any atom is -0.494 e. The van der Waals surface area contributed by atoms with Crippen LogP contribution in [-0.2, 0) is 0 Å². The second kappa shape index (κ2) is 9.25. The van der Waals surface area contributed by atoms with Crippen LogP contribution in [0.25, 0.3) is 11.0 Å². The summed E-state index contributed by atoms with van der Waals surface area (Å²) in [5.41, 5.74) is 3.86. The smallest absolute Gasteiger partial charge is 0.307 e. The van der Waals surface area contributed by atoms with E-state index < -0.39 is 5.91 Å². The zero-order valence-corrected chi connectivity index (χ0v) is 18.5. The van der Waals surface area contributed by atoms with E-state index in [1.54, 1.807) is 24.4 Å². The summed E-state index contributed by atoms with van der Waals surface area (Å²) in [4.78, 5) is 12.3. The van der Waals surface area contributed by atoms with Gasteiger partial charge < -0.3 is 13.9 Å². The number of rotatable bonds is 7. The van der Waals surface area contributed by atoms with E-state index in [-0.39, 0.29) is 5.76 Å². The number of hydrazone groups is 1. The van der Waals surface area contributed by atoms with Crippen LogP contribution in [0.3, 0.4) is 0 Å². The minimum atomic E-state index is -0.436. The van der Waals surface area contributed by atoms with Crippen LogP contribution in [0, 0.1) is 0 Å². The Bertz CT molecular complexity index is 1010. The molecule has 0 bridgehead atoms. The highest BCUT2D eigenvalue weighted by Gasteiger charge is 2.12.